The number of nitrogens with one attached hydrogen (secondary N) is 2. The molecule has 0 spiro atoms. The lowest BCUT2D eigenvalue weighted by molar-refractivity contribution is 0.0599. The molecule has 1 aromatic carbocycles. The zero-order chi connectivity index (χ0) is 18.7. The monoisotopic (exact) mass is 371 g/mol. The number of H-pyrrole nitrogens is 1. The number of hydrogen-bond donors (Lipinski definition) is 2. The van der Waals surface area contributed by atoms with Gasteiger partial charge in [-0.3, -0.25) is 4.79 Å². The van der Waals surface area contributed by atoms with Gasteiger partial charge in [0.25, 0.3) is 5.91 Å². The molecule has 1 amide bonds. The number of benzene rings is 1. The Morgan fingerprint density at radius 2 is 2.04 bits per heavy atom. The van der Waals surface area contributed by atoms with Gasteiger partial charge in [-0.2, -0.15) is 0 Å². The van der Waals surface area contributed by atoms with Crippen LogP contribution in [0.2, 0.25) is 0 Å². The fraction of sp³-hybridized carbons (Fsp3) is 0.316. The summed E-state index contributed by atoms with van der Waals surface area (Å²) in [6.07, 6.45) is 1.62. The van der Waals surface area contributed by atoms with Crippen LogP contribution < -0.4 is 5.32 Å². The van der Waals surface area contributed by atoms with E-state index in [1.807, 2.05) is 18.2 Å². The van der Waals surface area contributed by atoms with Crippen molar-refractivity contribution in [2.45, 2.75) is 26.7 Å². The number of esters is 1. The molecular formula is C19H21N3O3S. The summed E-state index contributed by atoms with van der Waals surface area (Å²) in [5.41, 5.74) is 3.09. The maximum Gasteiger partial charge on any atom is 0.339 e. The van der Waals surface area contributed by atoms with Crippen LogP contribution in [0.5, 0.6) is 0 Å². The molecule has 0 aliphatic rings. The molecule has 0 fully saturated rings. The number of nitrogens with zero attached hydrogens (tertiary/aromatic N) is 1. The Hall–Kier alpha value is -2.67. The lowest BCUT2D eigenvalue weighted by Gasteiger charge is -2.04. The summed E-state index contributed by atoms with van der Waals surface area (Å²) in [7, 11) is 1.33. The standard InChI is InChI=1S/C19H21N3O3S/c1-11-16(19(24)25-3)12(2)21-17(11)18(23)20-10-6-9-15-22-13-7-4-5-8-14(13)26-15/h4-5,7-8,21H,6,9-10H2,1-3H3,(H,20,23). The van der Waals surface area contributed by atoms with Gasteiger partial charge in [-0.05, 0) is 38.0 Å². The molecule has 0 atom stereocenters. The summed E-state index contributed by atoms with van der Waals surface area (Å²) < 4.78 is 5.95. The van der Waals surface area contributed by atoms with Gasteiger partial charge in [0.1, 0.15) is 5.69 Å². The Kier molecular flexibility index (Phi) is 5.37. The maximum absolute atomic E-state index is 12.4. The van der Waals surface area contributed by atoms with Crippen molar-refractivity contribution < 1.29 is 14.3 Å². The van der Waals surface area contributed by atoms with E-state index >= 15 is 0 Å². The van der Waals surface area contributed by atoms with Gasteiger partial charge in [-0.25, -0.2) is 9.78 Å². The van der Waals surface area contributed by atoms with Crippen LogP contribution in [0.3, 0.4) is 0 Å². The van der Waals surface area contributed by atoms with E-state index in [1.165, 1.54) is 11.8 Å². The Balaban J connectivity index is 1.56. The minimum atomic E-state index is -0.439. The number of para-hydroxylation sites is 1. The first kappa shape index (κ1) is 18.1. The van der Waals surface area contributed by atoms with Crippen molar-refractivity contribution in [2.75, 3.05) is 13.7 Å². The number of fused-ring (bicyclic) bond motifs is 1. The highest BCUT2D eigenvalue weighted by Gasteiger charge is 2.22. The first-order valence-electron chi connectivity index (χ1n) is 8.41. The van der Waals surface area contributed by atoms with Crippen molar-refractivity contribution in [3.05, 3.63) is 51.8 Å². The Labute approximate surface area is 155 Å². The summed E-state index contributed by atoms with van der Waals surface area (Å²) >= 11 is 1.68. The summed E-state index contributed by atoms with van der Waals surface area (Å²) in [4.78, 5) is 31.8. The molecule has 2 heterocycles. The number of carbonyl (C=O) groups excluding carboxylic acids is 2. The Morgan fingerprint density at radius 1 is 1.27 bits per heavy atom. The largest absolute Gasteiger partial charge is 0.465 e. The van der Waals surface area contributed by atoms with E-state index in [9.17, 15) is 9.59 Å². The van der Waals surface area contributed by atoms with E-state index in [-0.39, 0.29) is 5.91 Å². The van der Waals surface area contributed by atoms with E-state index < -0.39 is 5.97 Å². The highest BCUT2D eigenvalue weighted by molar-refractivity contribution is 7.18. The average Bonchev–Trinajstić information content (AvgIpc) is 3.18. The normalized spacial score (nSPS) is 10.9. The van der Waals surface area contributed by atoms with Crippen molar-refractivity contribution >= 4 is 33.4 Å². The summed E-state index contributed by atoms with van der Waals surface area (Å²) in [5.74, 6) is -0.656. The quantitative estimate of drug-likeness (QED) is 0.514. The smallest absolute Gasteiger partial charge is 0.339 e. The third-order valence-electron chi connectivity index (χ3n) is 4.25. The minimum absolute atomic E-state index is 0.218. The number of ether oxygens (including phenoxy) is 1. The molecule has 26 heavy (non-hydrogen) atoms. The fourth-order valence-electron chi connectivity index (χ4n) is 2.94. The molecule has 0 bridgehead atoms. The number of amides is 1. The fourth-order valence-corrected chi connectivity index (χ4v) is 3.95. The topological polar surface area (TPSA) is 84.1 Å². The zero-order valence-electron chi connectivity index (χ0n) is 15.0. The molecule has 2 aromatic heterocycles. The first-order chi connectivity index (χ1) is 12.5. The summed E-state index contributed by atoms with van der Waals surface area (Å²) in [5, 5.41) is 3.97. The Bertz CT molecular complexity index is 925. The van der Waals surface area contributed by atoms with Gasteiger partial charge in [0, 0.05) is 18.7 Å². The highest BCUT2D eigenvalue weighted by Crippen LogP contribution is 2.22. The number of rotatable bonds is 6. The van der Waals surface area contributed by atoms with Crippen LogP contribution in [0.1, 0.15) is 43.5 Å². The van der Waals surface area contributed by atoms with Crippen LogP contribution in [-0.2, 0) is 11.2 Å². The van der Waals surface area contributed by atoms with E-state index in [1.54, 1.807) is 25.2 Å². The second kappa shape index (κ2) is 7.70. The van der Waals surface area contributed by atoms with Gasteiger partial charge in [-0.1, -0.05) is 12.1 Å². The molecule has 0 aliphatic heterocycles. The van der Waals surface area contributed by atoms with Crippen molar-refractivity contribution in [3.8, 4) is 0 Å². The zero-order valence-corrected chi connectivity index (χ0v) is 15.8. The molecule has 3 rings (SSSR count). The van der Waals surface area contributed by atoms with Gasteiger partial charge in [-0.15, -0.1) is 11.3 Å². The molecule has 0 aliphatic carbocycles. The number of carbonyl (C=O) groups is 2. The van der Waals surface area contributed by atoms with Crippen molar-refractivity contribution in [3.63, 3.8) is 0 Å². The van der Waals surface area contributed by atoms with E-state index in [0.717, 1.165) is 23.4 Å². The predicted molar refractivity (Wildman–Crippen MR) is 102 cm³/mol. The van der Waals surface area contributed by atoms with Crippen LogP contribution >= 0.6 is 11.3 Å². The maximum atomic E-state index is 12.4. The van der Waals surface area contributed by atoms with Gasteiger partial charge in [0.15, 0.2) is 0 Å². The molecule has 0 saturated carbocycles. The lowest BCUT2D eigenvalue weighted by Crippen LogP contribution is -2.25. The van der Waals surface area contributed by atoms with Gasteiger partial charge < -0.3 is 15.0 Å². The van der Waals surface area contributed by atoms with E-state index in [2.05, 4.69) is 21.4 Å². The number of thiazole rings is 1. The number of hydrogen-bond acceptors (Lipinski definition) is 5. The SMILES string of the molecule is COC(=O)c1c(C)[nH]c(C(=O)NCCCc2nc3ccccc3s2)c1C. The summed E-state index contributed by atoms with van der Waals surface area (Å²) in [6, 6.07) is 8.06. The molecular weight excluding hydrogens is 350 g/mol. The van der Waals surface area contributed by atoms with Crippen LogP contribution in [-0.4, -0.2) is 35.5 Å². The predicted octanol–water partition coefficient (Wildman–Crippen LogP) is 3.39. The van der Waals surface area contributed by atoms with Crippen LogP contribution in [0.4, 0.5) is 0 Å². The molecule has 0 unspecified atom stereocenters. The second-order valence-corrected chi connectivity index (χ2v) is 7.17. The van der Waals surface area contributed by atoms with Gasteiger partial charge >= 0.3 is 5.97 Å². The van der Waals surface area contributed by atoms with Crippen molar-refractivity contribution in [1.29, 1.82) is 0 Å². The van der Waals surface area contributed by atoms with Crippen LogP contribution in [0, 0.1) is 13.8 Å². The number of aromatic nitrogens is 2. The number of aryl methyl sites for hydroxylation is 2. The van der Waals surface area contributed by atoms with Crippen molar-refractivity contribution in [2.24, 2.45) is 0 Å². The molecule has 7 heteroatoms. The highest BCUT2D eigenvalue weighted by atomic mass is 32.1. The number of methoxy groups -OCH3 is 1. The molecule has 3 aromatic rings. The first-order valence-corrected chi connectivity index (χ1v) is 9.23. The van der Waals surface area contributed by atoms with E-state index in [4.69, 9.17) is 4.74 Å². The third-order valence-corrected chi connectivity index (χ3v) is 5.34. The van der Waals surface area contributed by atoms with Crippen LogP contribution in [0.25, 0.3) is 10.2 Å². The lowest BCUT2D eigenvalue weighted by atomic mass is 10.1. The molecule has 136 valence electrons. The molecule has 2 N–H and O–H groups in total. The van der Waals surface area contributed by atoms with Gasteiger partial charge in [0.05, 0.1) is 27.9 Å². The van der Waals surface area contributed by atoms with E-state index in [0.29, 0.717) is 29.1 Å². The van der Waals surface area contributed by atoms with Gasteiger partial charge in [0.2, 0.25) is 0 Å². The number of aromatic amines is 1. The minimum Gasteiger partial charge on any atom is -0.465 e. The molecule has 6 nitrogen and oxygen atoms in total. The Morgan fingerprint density at radius 3 is 2.77 bits per heavy atom. The third kappa shape index (κ3) is 3.62. The van der Waals surface area contributed by atoms with Crippen LogP contribution in [0.15, 0.2) is 24.3 Å². The summed E-state index contributed by atoms with van der Waals surface area (Å²) in [6.45, 7) is 4.04. The average molecular weight is 371 g/mol. The second-order valence-electron chi connectivity index (χ2n) is 6.05. The molecule has 0 saturated heterocycles. The van der Waals surface area contributed by atoms with Crippen molar-refractivity contribution in [1.82, 2.24) is 15.3 Å². The molecule has 0 radical (unpaired) electrons.